The second-order valence-electron chi connectivity index (χ2n) is 4.40. The van der Waals surface area contributed by atoms with Gasteiger partial charge < -0.3 is 11.1 Å². The molecule has 0 heterocycles. The Kier molecular flexibility index (Phi) is 4.79. The third-order valence-corrected chi connectivity index (χ3v) is 3.59. The van der Waals surface area contributed by atoms with Gasteiger partial charge in [0.25, 0.3) is 0 Å². The molecule has 2 rings (SSSR count). The molecule has 0 spiro atoms. The number of anilines is 1. The molecule has 0 bridgehead atoms. The standard InChI is InChI=1S/C16H15IN2O/c1-11(16(18)20)13-7-5-12(6-8-13)10-19-15-4-2-3-14(17)9-15/h2-9,19H,1,10H2,(H2,18,20). The lowest BCUT2D eigenvalue weighted by molar-refractivity contribution is -0.112. The summed E-state index contributed by atoms with van der Waals surface area (Å²) < 4.78 is 1.20. The first-order valence-corrected chi connectivity index (χ1v) is 7.21. The van der Waals surface area contributed by atoms with Crippen molar-refractivity contribution in [1.82, 2.24) is 0 Å². The molecule has 0 fully saturated rings. The third kappa shape index (κ3) is 3.84. The van der Waals surface area contributed by atoms with Crippen LogP contribution in [0, 0.1) is 3.57 Å². The molecule has 0 radical (unpaired) electrons. The fourth-order valence-corrected chi connectivity index (χ4v) is 2.31. The molecule has 102 valence electrons. The maximum atomic E-state index is 11.0. The van der Waals surface area contributed by atoms with Crippen molar-refractivity contribution in [3.63, 3.8) is 0 Å². The van der Waals surface area contributed by atoms with Crippen LogP contribution in [0.1, 0.15) is 11.1 Å². The average Bonchev–Trinajstić information content (AvgIpc) is 2.45. The van der Waals surface area contributed by atoms with Gasteiger partial charge in [0, 0.05) is 21.4 Å². The van der Waals surface area contributed by atoms with E-state index in [1.165, 1.54) is 3.57 Å². The lowest BCUT2D eigenvalue weighted by Gasteiger charge is -2.08. The van der Waals surface area contributed by atoms with Crippen LogP contribution < -0.4 is 11.1 Å². The summed E-state index contributed by atoms with van der Waals surface area (Å²) in [6.07, 6.45) is 0. The minimum absolute atomic E-state index is 0.335. The van der Waals surface area contributed by atoms with Crippen LogP contribution in [0.5, 0.6) is 0 Å². The highest BCUT2D eigenvalue weighted by atomic mass is 127. The highest BCUT2D eigenvalue weighted by Crippen LogP contribution is 2.16. The molecule has 0 aromatic heterocycles. The summed E-state index contributed by atoms with van der Waals surface area (Å²) in [5.74, 6) is -0.491. The van der Waals surface area contributed by atoms with Gasteiger partial charge in [0.05, 0.1) is 0 Å². The van der Waals surface area contributed by atoms with Crippen LogP contribution in [-0.2, 0) is 11.3 Å². The predicted molar refractivity (Wildman–Crippen MR) is 91.2 cm³/mol. The zero-order chi connectivity index (χ0) is 14.5. The van der Waals surface area contributed by atoms with Crippen molar-refractivity contribution in [3.05, 3.63) is 69.8 Å². The summed E-state index contributed by atoms with van der Waals surface area (Å²) in [7, 11) is 0. The molecular weight excluding hydrogens is 363 g/mol. The minimum Gasteiger partial charge on any atom is -0.381 e. The van der Waals surface area contributed by atoms with Crippen LogP contribution in [0.4, 0.5) is 5.69 Å². The van der Waals surface area contributed by atoms with Crippen molar-refractivity contribution in [2.45, 2.75) is 6.54 Å². The van der Waals surface area contributed by atoms with Gasteiger partial charge in [-0.2, -0.15) is 0 Å². The number of carbonyl (C=O) groups is 1. The first kappa shape index (κ1) is 14.6. The molecule has 3 N–H and O–H groups in total. The maximum Gasteiger partial charge on any atom is 0.248 e. The summed E-state index contributed by atoms with van der Waals surface area (Å²) in [5, 5.41) is 3.35. The van der Waals surface area contributed by atoms with Gasteiger partial charge in [-0.15, -0.1) is 0 Å². The molecule has 1 amide bonds. The zero-order valence-corrected chi connectivity index (χ0v) is 13.1. The molecule has 0 aliphatic carbocycles. The minimum atomic E-state index is -0.491. The molecule has 0 aliphatic heterocycles. The highest BCUT2D eigenvalue weighted by molar-refractivity contribution is 14.1. The lowest BCUT2D eigenvalue weighted by Crippen LogP contribution is -2.11. The van der Waals surface area contributed by atoms with Crippen molar-refractivity contribution in [3.8, 4) is 0 Å². The molecule has 2 aromatic carbocycles. The van der Waals surface area contributed by atoms with E-state index in [1.807, 2.05) is 36.4 Å². The van der Waals surface area contributed by atoms with Gasteiger partial charge in [0.1, 0.15) is 0 Å². The van der Waals surface area contributed by atoms with Gasteiger partial charge in [-0.1, -0.05) is 36.9 Å². The van der Waals surface area contributed by atoms with E-state index in [-0.39, 0.29) is 0 Å². The average molecular weight is 378 g/mol. The molecule has 0 atom stereocenters. The number of carbonyl (C=O) groups excluding carboxylic acids is 1. The van der Waals surface area contributed by atoms with E-state index in [0.29, 0.717) is 5.57 Å². The van der Waals surface area contributed by atoms with Crippen LogP contribution in [-0.4, -0.2) is 5.91 Å². The number of primary amides is 1. The number of nitrogens with two attached hydrogens (primary N) is 1. The van der Waals surface area contributed by atoms with Gasteiger partial charge >= 0.3 is 0 Å². The number of halogens is 1. The monoisotopic (exact) mass is 378 g/mol. The van der Waals surface area contributed by atoms with Crippen molar-refractivity contribution in [2.75, 3.05) is 5.32 Å². The van der Waals surface area contributed by atoms with Gasteiger partial charge in [-0.3, -0.25) is 4.79 Å². The van der Waals surface area contributed by atoms with E-state index in [4.69, 9.17) is 5.73 Å². The highest BCUT2D eigenvalue weighted by Gasteiger charge is 2.04. The van der Waals surface area contributed by atoms with Crippen LogP contribution in [0.3, 0.4) is 0 Å². The number of hydrogen-bond acceptors (Lipinski definition) is 2. The lowest BCUT2D eigenvalue weighted by atomic mass is 10.1. The number of benzene rings is 2. The fraction of sp³-hybridized carbons (Fsp3) is 0.0625. The Labute approximate surface area is 132 Å². The van der Waals surface area contributed by atoms with E-state index in [9.17, 15) is 4.79 Å². The van der Waals surface area contributed by atoms with E-state index < -0.39 is 5.91 Å². The van der Waals surface area contributed by atoms with Crippen LogP contribution in [0.25, 0.3) is 5.57 Å². The Morgan fingerprint density at radius 3 is 2.50 bits per heavy atom. The topological polar surface area (TPSA) is 55.1 Å². The number of nitrogens with one attached hydrogen (secondary N) is 1. The second kappa shape index (κ2) is 6.56. The van der Waals surface area contributed by atoms with E-state index in [2.05, 4.69) is 46.6 Å². The molecule has 4 heteroatoms. The Hall–Kier alpha value is -1.82. The van der Waals surface area contributed by atoms with E-state index in [0.717, 1.165) is 23.4 Å². The predicted octanol–water partition coefficient (Wildman–Crippen LogP) is 3.40. The van der Waals surface area contributed by atoms with Crippen molar-refractivity contribution in [1.29, 1.82) is 0 Å². The molecule has 0 saturated carbocycles. The van der Waals surface area contributed by atoms with Crippen molar-refractivity contribution < 1.29 is 4.79 Å². The first-order chi connectivity index (χ1) is 9.56. The number of hydrogen-bond donors (Lipinski definition) is 2. The SMILES string of the molecule is C=C(C(N)=O)c1ccc(CNc2cccc(I)c2)cc1. The van der Waals surface area contributed by atoms with Gasteiger partial charge in [-0.05, 0) is 51.9 Å². The summed E-state index contributed by atoms with van der Waals surface area (Å²) in [4.78, 5) is 11.0. The molecule has 3 nitrogen and oxygen atoms in total. The summed E-state index contributed by atoms with van der Waals surface area (Å²) in [5.41, 5.74) is 8.51. The first-order valence-electron chi connectivity index (χ1n) is 6.14. The zero-order valence-electron chi connectivity index (χ0n) is 10.9. The van der Waals surface area contributed by atoms with E-state index >= 15 is 0 Å². The van der Waals surface area contributed by atoms with Crippen LogP contribution >= 0.6 is 22.6 Å². The molecule has 0 saturated heterocycles. The number of rotatable bonds is 5. The van der Waals surface area contributed by atoms with Crippen LogP contribution in [0.15, 0.2) is 55.1 Å². The molecule has 0 unspecified atom stereocenters. The fourth-order valence-electron chi connectivity index (χ4n) is 1.77. The van der Waals surface area contributed by atoms with Gasteiger partial charge in [-0.25, -0.2) is 0 Å². The van der Waals surface area contributed by atoms with Gasteiger partial charge in [0.15, 0.2) is 0 Å². The molecular formula is C16H15IN2O. The quantitative estimate of drug-likeness (QED) is 0.619. The molecule has 2 aromatic rings. The smallest absolute Gasteiger partial charge is 0.248 e. The Morgan fingerprint density at radius 2 is 1.90 bits per heavy atom. The number of amides is 1. The van der Waals surface area contributed by atoms with Crippen LogP contribution in [0.2, 0.25) is 0 Å². The van der Waals surface area contributed by atoms with E-state index in [1.54, 1.807) is 0 Å². The normalized spacial score (nSPS) is 10.1. The third-order valence-electron chi connectivity index (χ3n) is 2.92. The Balaban J connectivity index is 2.01. The Bertz CT molecular complexity index is 635. The molecule has 20 heavy (non-hydrogen) atoms. The summed E-state index contributed by atoms with van der Waals surface area (Å²) in [6, 6.07) is 15.8. The largest absolute Gasteiger partial charge is 0.381 e. The second-order valence-corrected chi connectivity index (χ2v) is 5.65. The van der Waals surface area contributed by atoms with Gasteiger partial charge in [0.2, 0.25) is 5.91 Å². The molecule has 0 aliphatic rings. The maximum absolute atomic E-state index is 11.0. The van der Waals surface area contributed by atoms with Crippen molar-refractivity contribution in [2.24, 2.45) is 5.73 Å². The Morgan fingerprint density at radius 1 is 1.20 bits per heavy atom. The summed E-state index contributed by atoms with van der Waals surface area (Å²) >= 11 is 2.28. The summed E-state index contributed by atoms with van der Waals surface area (Å²) in [6.45, 7) is 4.39. The van der Waals surface area contributed by atoms with Crippen molar-refractivity contribution >= 4 is 39.8 Å².